The zero-order chi connectivity index (χ0) is 24.9. The van der Waals surface area contributed by atoms with Gasteiger partial charge in [0.25, 0.3) is 5.91 Å². The van der Waals surface area contributed by atoms with Crippen LogP contribution in [0.4, 0.5) is 4.39 Å². The predicted molar refractivity (Wildman–Crippen MR) is 136 cm³/mol. The summed E-state index contributed by atoms with van der Waals surface area (Å²) in [6.07, 6.45) is 1.49. The average Bonchev–Trinajstić information content (AvgIpc) is 3.35. The maximum Gasteiger partial charge on any atom is 0.254 e. The molecule has 5 nitrogen and oxygen atoms in total. The number of benzene rings is 2. The third-order valence-electron chi connectivity index (χ3n) is 6.71. The monoisotopic (exact) mass is 494 g/mol. The number of fused-ring (bicyclic) bond motifs is 1. The number of para-hydroxylation sites is 1. The normalized spacial score (nSPS) is 15.9. The Kier molecular flexibility index (Phi) is 7.86. The van der Waals surface area contributed by atoms with Crippen LogP contribution in [-0.4, -0.2) is 47.4 Å². The van der Waals surface area contributed by atoms with E-state index in [1.54, 1.807) is 45.4 Å². The van der Waals surface area contributed by atoms with Crippen LogP contribution in [0.2, 0.25) is 0 Å². The molecule has 0 saturated heterocycles. The summed E-state index contributed by atoms with van der Waals surface area (Å²) in [6.45, 7) is 6.54. The van der Waals surface area contributed by atoms with Crippen molar-refractivity contribution in [1.82, 2.24) is 9.80 Å². The predicted octanol–water partition coefficient (Wildman–Crippen LogP) is 5.64. The van der Waals surface area contributed by atoms with E-state index in [0.29, 0.717) is 12.1 Å². The Hall–Kier alpha value is -3.19. The molecule has 0 saturated carbocycles. The van der Waals surface area contributed by atoms with Gasteiger partial charge in [0.05, 0.1) is 6.04 Å². The molecule has 0 bridgehead atoms. The SMILES string of the molecule is CC[C@H](C)N(CC(=O)N1CCc2sccc2[C@H]1COc1ccccc1F)C(=O)c1ccccc1C. The van der Waals surface area contributed by atoms with Crippen molar-refractivity contribution in [2.45, 2.75) is 45.7 Å². The van der Waals surface area contributed by atoms with Crippen LogP contribution in [0, 0.1) is 12.7 Å². The highest BCUT2D eigenvalue weighted by molar-refractivity contribution is 7.10. The molecule has 7 heteroatoms. The second-order valence-corrected chi connectivity index (χ2v) is 9.90. The Morgan fingerprint density at radius 3 is 2.66 bits per heavy atom. The fraction of sp³-hybridized carbons (Fsp3) is 0.357. The summed E-state index contributed by atoms with van der Waals surface area (Å²) in [5, 5.41) is 2.02. The van der Waals surface area contributed by atoms with Gasteiger partial charge < -0.3 is 14.5 Å². The summed E-state index contributed by atoms with van der Waals surface area (Å²) >= 11 is 1.66. The third-order valence-corrected chi connectivity index (χ3v) is 7.71. The van der Waals surface area contributed by atoms with Crippen molar-refractivity contribution in [2.75, 3.05) is 19.7 Å². The van der Waals surface area contributed by atoms with E-state index < -0.39 is 5.82 Å². The second-order valence-electron chi connectivity index (χ2n) is 8.90. The Bertz CT molecular complexity index is 1190. The van der Waals surface area contributed by atoms with E-state index in [4.69, 9.17) is 4.74 Å². The van der Waals surface area contributed by atoms with Gasteiger partial charge in [-0.3, -0.25) is 9.59 Å². The van der Waals surface area contributed by atoms with Crippen LogP contribution < -0.4 is 4.74 Å². The van der Waals surface area contributed by atoms with E-state index in [-0.39, 0.29) is 42.8 Å². The highest BCUT2D eigenvalue weighted by Crippen LogP contribution is 2.34. The summed E-state index contributed by atoms with van der Waals surface area (Å²) in [5.41, 5.74) is 2.53. The van der Waals surface area contributed by atoms with E-state index in [2.05, 4.69) is 0 Å². The summed E-state index contributed by atoms with van der Waals surface area (Å²) in [6, 6.07) is 15.3. The molecule has 1 aliphatic rings. The number of nitrogens with zero attached hydrogens (tertiary/aromatic N) is 2. The van der Waals surface area contributed by atoms with Crippen LogP contribution in [0.1, 0.15) is 52.7 Å². The Balaban J connectivity index is 1.57. The van der Waals surface area contributed by atoms with Crippen LogP contribution in [0.3, 0.4) is 0 Å². The van der Waals surface area contributed by atoms with Gasteiger partial charge in [-0.25, -0.2) is 4.39 Å². The number of ether oxygens (including phenoxy) is 1. The minimum Gasteiger partial charge on any atom is -0.488 e. The Morgan fingerprint density at radius 1 is 1.17 bits per heavy atom. The van der Waals surface area contributed by atoms with Crippen LogP contribution in [-0.2, 0) is 11.2 Å². The van der Waals surface area contributed by atoms with Gasteiger partial charge in [0.15, 0.2) is 11.6 Å². The number of hydrogen-bond donors (Lipinski definition) is 0. The van der Waals surface area contributed by atoms with E-state index in [9.17, 15) is 14.0 Å². The van der Waals surface area contributed by atoms with E-state index in [0.717, 1.165) is 24.0 Å². The molecule has 2 atom stereocenters. The standard InChI is InChI=1S/C28H31FN2O3S/c1-4-20(3)31(28(33)21-10-6-5-9-19(21)2)17-27(32)30-15-13-26-22(14-16-35-26)24(30)18-34-25-12-8-7-11-23(25)29/h5-12,14,16,20,24H,4,13,15,17-18H2,1-3H3/t20-,24+/m0/s1. The molecule has 3 aromatic rings. The lowest BCUT2D eigenvalue weighted by molar-refractivity contribution is -0.136. The highest BCUT2D eigenvalue weighted by atomic mass is 32.1. The molecule has 2 aromatic carbocycles. The molecule has 184 valence electrons. The van der Waals surface area contributed by atoms with E-state index in [1.165, 1.54) is 10.9 Å². The van der Waals surface area contributed by atoms with Crippen LogP contribution in [0.25, 0.3) is 0 Å². The van der Waals surface area contributed by atoms with Gasteiger partial charge in [0.1, 0.15) is 13.2 Å². The van der Waals surface area contributed by atoms with Gasteiger partial charge in [0.2, 0.25) is 5.91 Å². The Labute approximate surface area is 210 Å². The fourth-order valence-corrected chi connectivity index (χ4v) is 5.39. The lowest BCUT2D eigenvalue weighted by Crippen LogP contribution is -2.50. The molecule has 0 radical (unpaired) electrons. The molecule has 1 aromatic heterocycles. The molecule has 4 rings (SSSR count). The topological polar surface area (TPSA) is 49.9 Å². The van der Waals surface area contributed by atoms with Crippen LogP contribution >= 0.6 is 11.3 Å². The molecular weight excluding hydrogens is 463 g/mol. The van der Waals surface area contributed by atoms with Crippen molar-refractivity contribution in [3.05, 3.63) is 87.4 Å². The molecule has 0 fully saturated rings. The van der Waals surface area contributed by atoms with E-state index in [1.807, 2.05) is 50.4 Å². The molecule has 35 heavy (non-hydrogen) atoms. The van der Waals surface area contributed by atoms with Gasteiger partial charge in [-0.2, -0.15) is 0 Å². The zero-order valence-corrected chi connectivity index (χ0v) is 21.2. The molecule has 1 aliphatic heterocycles. The van der Waals surface area contributed by atoms with Gasteiger partial charge >= 0.3 is 0 Å². The number of aryl methyl sites for hydroxylation is 1. The van der Waals surface area contributed by atoms with Crippen LogP contribution in [0.15, 0.2) is 60.0 Å². The number of thiophene rings is 1. The number of halogens is 1. The third kappa shape index (κ3) is 5.40. The molecular formula is C28H31FN2O3S. The molecule has 2 amide bonds. The van der Waals surface area contributed by atoms with Gasteiger partial charge in [-0.1, -0.05) is 37.3 Å². The summed E-state index contributed by atoms with van der Waals surface area (Å²) in [7, 11) is 0. The van der Waals surface area contributed by atoms with Gasteiger partial charge in [0, 0.05) is 23.0 Å². The number of amides is 2. The van der Waals surface area contributed by atoms with Crippen molar-refractivity contribution < 1.29 is 18.7 Å². The van der Waals surface area contributed by atoms with Crippen LogP contribution in [0.5, 0.6) is 5.75 Å². The first kappa shape index (κ1) is 24.9. The summed E-state index contributed by atoms with van der Waals surface area (Å²) in [4.78, 5) is 31.8. The molecule has 0 spiro atoms. The first-order valence-corrected chi connectivity index (χ1v) is 12.9. The second kappa shape index (κ2) is 11.0. The largest absolute Gasteiger partial charge is 0.488 e. The molecule has 0 aliphatic carbocycles. The lowest BCUT2D eigenvalue weighted by atomic mass is 10.00. The molecule has 2 heterocycles. The maximum absolute atomic E-state index is 14.2. The molecule has 0 N–H and O–H groups in total. The minimum atomic E-state index is -0.432. The zero-order valence-electron chi connectivity index (χ0n) is 20.4. The summed E-state index contributed by atoms with van der Waals surface area (Å²) < 4.78 is 20.0. The number of hydrogen-bond acceptors (Lipinski definition) is 4. The van der Waals surface area contributed by atoms with E-state index >= 15 is 0 Å². The quantitative estimate of drug-likeness (QED) is 0.407. The van der Waals surface area contributed by atoms with Gasteiger partial charge in [-0.15, -0.1) is 11.3 Å². The number of carbonyl (C=O) groups is 2. The summed E-state index contributed by atoms with van der Waals surface area (Å²) in [5.74, 6) is -0.541. The first-order valence-electron chi connectivity index (χ1n) is 12.0. The van der Waals surface area contributed by atoms with Crippen molar-refractivity contribution in [1.29, 1.82) is 0 Å². The Morgan fingerprint density at radius 2 is 1.91 bits per heavy atom. The molecule has 0 unspecified atom stereocenters. The number of rotatable bonds is 8. The number of carbonyl (C=O) groups excluding carboxylic acids is 2. The smallest absolute Gasteiger partial charge is 0.254 e. The highest BCUT2D eigenvalue weighted by Gasteiger charge is 2.34. The van der Waals surface area contributed by atoms with Crippen molar-refractivity contribution >= 4 is 23.2 Å². The average molecular weight is 495 g/mol. The van der Waals surface area contributed by atoms with Crippen molar-refractivity contribution in [2.24, 2.45) is 0 Å². The fourth-order valence-electron chi connectivity index (χ4n) is 4.46. The first-order chi connectivity index (χ1) is 16.9. The lowest BCUT2D eigenvalue weighted by Gasteiger charge is -2.38. The van der Waals surface area contributed by atoms with Crippen molar-refractivity contribution in [3.8, 4) is 5.75 Å². The van der Waals surface area contributed by atoms with Crippen molar-refractivity contribution in [3.63, 3.8) is 0 Å². The maximum atomic E-state index is 14.2. The van der Waals surface area contributed by atoms with Gasteiger partial charge in [-0.05, 0) is 67.5 Å². The minimum absolute atomic E-state index is 0.0160.